The van der Waals surface area contributed by atoms with Gasteiger partial charge in [-0.25, -0.2) is 9.78 Å². The number of nitrogens with zero attached hydrogens (tertiary/aromatic N) is 2. The first-order valence-electron chi connectivity index (χ1n) is 8.34. The molecule has 0 fully saturated rings. The molecule has 9 heteroatoms. The second kappa shape index (κ2) is 8.03. The van der Waals surface area contributed by atoms with E-state index >= 15 is 0 Å². The second-order valence-electron chi connectivity index (χ2n) is 5.91. The summed E-state index contributed by atoms with van der Waals surface area (Å²) in [6, 6.07) is 12.5. The topological polar surface area (TPSA) is 96.4 Å². The number of benzene rings is 2. The van der Waals surface area contributed by atoms with Crippen LogP contribution in [0.4, 0.5) is 8.78 Å². The van der Waals surface area contributed by atoms with Crippen molar-refractivity contribution in [3.63, 3.8) is 0 Å². The number of hydrogen-bond acceptors (Lipinski definition) is 5. The minimum Gasteiger partial charge on any atom is -0.483 e. The van der Waals surface area contributed by atoms with Gasteiger partial charge < -0.3 is 15.2 Å². The predicted octanol–water partition coefficient (Wildman–Crippen LogP) is 3.21. The van der Waals surface area contributed by atoms with Gasteiger partial charge in [0.15, 0.2) is 18.5 Å². The van der Waals surface area contributed by atoms with Crippen molar-refractivity contribution < 1.29 is 27.8 Å². The molecule has 3 rings (SSSR count). The summed E-state index contributed by atoms with van der Waals surface area (Å²) in [5, 5.41) is 0. The van der Waals surface area contributed by atoms with E-state index in [9.17, 15) is 18.4 Å². The molecule has 3 aromatic rings. The summed E-state index contributed by atoms with van der Waals surface area (Å²) in [5.74, 6) is -1.50. The van der Waals surface area contributed by atoms with Gasteiger partial charge >= 0.3 is 12.5 Å². The van der Waals surface area contributed by atoms with Crippen molar-refractivity contribution in [2.75, 3.05) is 6.61 Å². The normalized spacial score (nSPS) is 12.1. The molecular formula is C19H17F2N3O4. The van der Waals surface area contributed by atoms with Gasteiger partial charge in [-0.05, 0) is 31.2 Å². The van der Waals surface area contributed by atoms with Gasteiger partial charge in [0.25, 0.3) is 5.91 Å². The average molecular weight is 389 g/mol. The van der Waals surface area contributed by atoms with E-state index in [1.165, 1.54) is 25.1 Å². The summed E-state index contributed by atoms with van der Waals surface area (Å²) in [6.07, 6.45) is -1.06. The molecule has 0 saturated heterocycles. The molecule has 28 heavy (non-hydrogen) atoms. The molecule has 1 amide bonds. The smallest absolute Gasteiger partial charge is 0.342 e. The van der Waals surface area contributed by atoms with Gasteiger partial charge in [0, 0.05) is 0 Å². The van der Waals surface area contributed by atoms with Gasteiger partial charge in [-0.1, -0.05) is 24.3 Å². The summed E-state index contributed by atoms with van der Waals surface area (Å²) in [5.41, 5.74) is 5.68. The lowest BCUT2D eigenvalue weighted by molar-refractivity contribution is -0.119. The van der Waals surface area contributed by atoms with Crippen molar-refractivity contribution in [1.29, 1.82) is 0 Å². The monoisotopic (exact) mass is 389 g/mol. The van der Waals surface area contributed by atoms with Crippen LogP contribution in [0.1, 0.15) is 35.8 Å². The maximum atomic E-state index is 13.6. The Morgan fingerprint density at radius 2 is 1.82 bits per heavy atom. The Balaban J connectivity index is 1.87. The standard InChI is InChI=1S/C19H17F2N3O4/c1-11(17-23-13-7-3-4-8-14(13)24(17)19(20)21)28-18(26)12-6-2-5-9-15(12)27-10-16(22)25/h2-9,11,19H,10H2,1H3,(H2,22,25). The number of amides is 1. The SMILES string of the molecule is CC(OC(=O)c1ccccc1OCC(N)=O)c1nc2ccccc2n1C(F)F. The highest BCUT2D eigenvalue weighted by molar-refractivity contribution is 5.92. The maximum absolute atomic E-state index is 13.6. The van der Waals surface area contributed by atoms with E-state index in [1.807, 2.05) is 0 Å². The van der Waals surface area contributed by atoms with Crippen LogP contribution in [0.5, 0.6) is 5.75 Å². The first kappa shape index (κ1) is 19.3. The Hall–Kier alpha value is -3.49. The Morgan fingerprint density at radius 1 is 1.14 bits per heavy atom. The predicted molar refractivity (Wildman–Crippen MR) is 95.9 cm³/mol. The van der Waals surface area contributed by atoms with Gasteiger partial charge in [0.1, 0.15) is 11.3 Å². The molecule has 7 nitrogen and oxygen atoms in total. The molecule has 2 aromatic carbocycles. The number of carbonyl (C=O) groups is 2. The lowest BCUT2D eigenvalue weighted by Crippen LogP contribution is -2.21. The van der Waals surface area contributed by atoms with E-state index in [1.54, 1.807) is 30.3 Å². The highest BCUT2D eigenvalue weighted by Crippen LogP contribution is 2.29. The Kier molecular flexibility index (Phi) is 5.53. The van der Waals surface area contributed by atoms with Gasteiger partial charge in [-0.3, -0.25) is 9.36 Å². The molecule has 146 valence electrons. The second-order valence-corrected chi connectivity index (χ2v) is 5.91. The Bertz CT molecular complexity index is 1020. The van der Waals surface area contributed by atoms with Crippen molar-refractivity contribution in [1.82, 2.24) is 9.55 Å². The fourth-order valence-electron chi connectivity index (χ4n) is 2.74. The molecule has 0 aliphatic carbocycles. The van der Waals surface area contributed by atoms with Crippen LogP contribution in [-0.4, -0.2) is 28.0 Å². The number of esters is 1. The third-order valence-corrected chi connectivity index (χ3v) is 3.94. The van der Waals surface area contributed by atoms with E-state index < -0.39 is 31.1 Å². The number of rotatable bonds is 7. The number of nitrogens with two attached hydrogens (primary N) is 1. The molecule has 1 aromatic heterocycles. The zero-order valence-electron chi connectivity index (χ0n) is 14.8. The number of primary amides is 1. The van der Waals surface area contributed by atoms with Crippen LogP contribution in [-0.2, 0) is 9.53 Å². The third-order valence-electron chi connectivity index (χ3n) is 3.94. The van der Waals surface area contributed by atoms with Gasteiger partial charge in [0.05, 0.1) is 11.0 Å². The highest BCUT2D eigenvalue weighted by atomic mass is 19.3. The minimum atomic E-state index is -2.85. The van der Waals surface area contributed by atoms with E-state index in [0.717, 1.165) is 4.57 Å². The molecule has 1 atom stereocenters. The lowest BCUT2D eigenvalue weighted by Gasteiger charge is -2.16. The quantitative estimate of drug-likeness (QED) is 0.626. The molecule has 0 radical (unpaired) electrons. The van der Waals surface area contributed by atoms with Crippen LogP contribution in [0, 0.1) is 0 Å². The van der Waals surface area contributed by atoms with E-state index in [4.69, 9.17) is 15.2 Å². The van der Waals surface area contributed by atoms with Crippen LogP contribution in [0.2, 0.25) is 0 Å². The minimum absolute atomic E-state index is 0.0373. The van der Waals surface area contributed by atoms with Gasteiger partial charge in [-0.2, -0.15) is 8.78 Å². The van der Waals surface area contributed by atoms with Crippen LogP contribution < -0.4 is 10.5 Å². The van der Waals surface area contributed by atoms with Crippen LogP contribution in [0.15, 0.2) is 48.5 Å². The highest BCUT2D eigenvalue weighted by Gasteiger charge is 2.25. The number of imidazole rings is 1. The maximum Gasteiger partial charge on any atom is 0.342 e. The number of aromatic nitrogens is 2. The van der Waals surface area contributed by atoms with E-state index in [2.05, 4.69) is 4.98 Å². The van der Waals surface area contributed by atoms with E-state index in [-0.39, 0.29) is 22.7 Å². The average Bonchev–Trinajstić information content (AvgIpc) is 3.06. The number of fused-ring (bicyclic) bond motifs is 1. The number of alkyl halides is 2. The van der Waals surface area contributed by atoms with Crippen molar-refractivity contribution in [3.8, 4) is 5.75 Å². The fraction of sp³-hybridized carbons (Fsp3) is 0.211. The first-order valence-corrected chi connectivity index (χ1v) is 8.34. The number of carbonyl (C=O) groups excluding carboxylic acids is 2. The third kappa shape index (κ3) is 3.93. The molecule has 0 aliphatic rings. The molecule has 0 bridgehead atoms. The number of para-hydroxylation sites is 3. The molecule has 0 spiro atoms. The first-order chi connectivity index (χ1) is 13.4. The summed E-state index contributed by atoms with van der Waals surface area (Å²) < 4.78 is 38.4. The molecule has 1 heterocycles. The van der Waals surface area contributed by atoms with Crippen molar-refractivity contribution >= 4 is 22.9 Å². The summed E-state index contributed by atoms with van der Waals surface area (Å²) >= 11 is 0. The van der Waals surface area contributed by atoms with Crippen molar-refractivity contribution in [3.05, 3.63) is 59.9 Å². The Morgan fingerprint density at radius 3 is 2.54 bits per heavy atom. The zero-order valence-corrected chi connectivity index (χ0v) is 14.8. The fourth-order valence-corrected chi connectivity index (χ4v) is 2.74. The zero-order chi connectivity index (χ0) is 20.3. The largest absolute Gasteiger partial charge is 0.483 e. The van der Waals surface area contributed by atoms with Crippen LogP contribution in [0.25, 0.3) is 11.0 Å². The number of halogens is 2. The number of hydrogen-bond donors (Lipinski definition) is 1. The molecule has 2 N–H and O–H groups in total. The summed E-state index contributed by atoms with van der Waals surface area (Å²) in [6.45, 7) is -1.82. The van der Waals surface area contributed by atoms with Crippen LogP contribution >= 0.6 is 0 Å². The van der Waals surface area contributed by atoms with Gasteiger partial charge in [-0.15, -0.1) is 0 Å². The van der Waals surface area contributed by atoms with E-state index in [0.29, 0.717) is 5.52 Å². The summed E-state index contributed by atoms with van der Waals surface area (Å²) in [4.78, 5) is 27.6. The molecule has 0 aliphatic heterocycles. The van der Waals surface area contributed by atoms with Crippen molar-refractivity contribution in [2.24, 2.45) is 5.73 Å². The molecule has 1 unspecified atom stereocenters. The lowest BCUT2D eigenvalue weighted by atomic mass is 10.2. The molecular weight excluding hydrogens is 372 g/mol. The van der Waals surface area contributed by atoms with Gasteiger partial charge in [0.2, 0.25) is 0 Å². The van der Waals surface area contributed by atoms with Crippen LogP contribution in [0.3, 0.4) is 0 Å². The Labute approximate surface area is 158 Å². The summed E-state index contributed by atoms with van der Waals surface area (Å²) in [7, 11) is 0. The van der Waals surface area contributed by atoms with Crippen molar-refractivity contribution in [2.45, 2.75) is 19.6 Å². The number of ether oxygens (including phenoxy) is 2. The molecule has 0 saturated carbocycles.